The number of nitrogens with zero attached hydrogens (tertiary/aromatic N) is 1. The van der Waals surface area contributed by atoms with Crippen LogP contribution in [-0.2, 0) is 30.4 Å². The third-order valence-corrected chi connectivity index (χ3v) is 9.97. The van der Waals surface area contributed by atoms with Gasteiger partial charge in [0.2, 0.25) is 0 Å². The van der Waals surface area contributed by atoms with Crippen LogP contribution in [-0.4, -0.2) is 23.5 Å². The van der Waals surface area contributed by atoms with Crippen LogP contribution < -0.4 is 11.1 Å². The Labute approximate surface area is 220 Å². The topological polar surface area (TPSA) is 94.3 Å². The summed E-state index contributed by atoms with van der Waals surface area (Å²) < 4.78 is 5.37. The highest BCUT2D eigenvalue weighted by Gasteiger charge is 2.31. The fourth-order valence-electron chi connectivity index (χ4n) is 5.51. The van der Waals surface area contributed by atoms with E-state index in [1.54, 1.807) is 6.92 Å². The molecule has 0 saturated carbocycles. The molecule has 6 nitrogen and oxygen atoms in total. The van der Waals surface area contributed by atoms with Gasteiger partial charge in [-0.05, 0) is 80.4 Å². The number of anilines is 2. The first-order valence-electron chi connectivity index (χ1n) is 13.0. The molecular formula is C28H35N3O3S2. The number of esters is 1. The molecule has 0 bridgehead atoms. The second-order valence-electron chi connectivity index (χ2n) is 11.0. The number of ether oxygens (including phenoxy) is 1. The van der Waals surface area contributed by atoms with Crippen LogP contribution in [0.1, 0.15) is 95.1 Å². The van der Waals surface area contributed by atoms with Gasteiger partial charge in [-0.25, -0.2) is 9.78 Å². The minimum absolute atomic E-state index is 0.243. The summed E-state index contributed by atoms with van der Waals surface area (Å²) in [5, 5.41) is 4.45. The van der Waals surface area contributed by atoms with Crippen molar-refractivity contribution in [2.45, 2.75) is 79.1 Å². The minimum atomic E-state index is -0.362. The van der Waals surface area contributed by atoms with E-state index in [0.717, 1.165) is 72.8 Å². The highest BCUT2D eigenvalue weighted by molar-refractivity contribution is 7.21. The SMILES string of the molecule is CCOC(=O)c1c(NC(=O)c2sc3nc4c(cc3c2N)CC(C(C)(C)C)CC4)sc2c1CCCCC2. The molecule has 5 rings (SSSR count). The maximum Gasteiger partial charge on any atom is 0.341 e. The lowest BCUT2D eigenvalue weighted by Crippen LogP contribution is -2.27. The molecule has 3 heterocycles. The standard InChI is InChI=1S/C28H35N3O3S2/c1-5-34-27(33)21-17-9-7-6-8-10-20(17)35-26(21)31-24(32)23-22(29)18-14-15-13-16(28(2,3)4)11-12-19(15)30-25(18)36-23/h14,16H,5-13,29H2,1-4H3,(H,31,32). The van der Waals surface area contributed by atoms with Crippen molar-refractivity contribution in [1.82, 2.24) is 4.98 Å². The predicted molar refractivity (Wildman–Crippen MR) is 148 cm³/mol. The fourth-order valence-corrected chi connectivity index (χ4v) is 7.77. The van der Waals surface area contributed by atoms with E-state index in [1.165, 1.54) is 33.1 Å². The van der Waals surface area contributed by atoms with E-state index < -0.39 is 0 Å². The van der Waals surface area contributed by atoms with Crippen LogP contribution in [0.5, 0.6) is 0 Å². The van der Waals surface area contributed by atoms with Gasteiger partial charge < -0.3 is 15.8 Å². The first kappa shape index (κ1) is 25.2. The van der Waals surface area contributed by atoms with E-state index in [1.807, 2.05) is 0 Å². The van der Waals surface area contributed by atoms with Crippen molar-refractivity contribution in [2.75, 3.05) is 17.7 Å². The summed E-state index contributed by atoms with van der Waals surface area (Å²) in [5.41, 5.74) is 11.2. The van der Waals surface area contributed by atoms with E-state index in [4.69, 9.17) is 15.5 Å². The number of nitrogen functional groups attached to an aromatic ring is 1. The normalized spacial score (nSPS) is 17.8. The van der Waals surface area contributed by atoms with Crippen molar-refractivity contribution in [3.05, 3.63) is 38.2 Å². The largest absolute Gasteiger partial charge is 0.462 e. The monoisotopic (exact) mass is 525 g/mol. The summed E-state index contributed by atoms with van der Waals surface area (Å²) in [6, 6.07) is 2.15. The highest BCUT2D eigenvalue weighted by atomic mass is 32.1. The number of rotatable bonds is 4. The van der Waals surface area contributed by atoms with Crippen LogP contribution in [0, 0.1) is 11.3 Å². The van der Waals surface area contributed by atoms with E-state index in [2.05, 4.69) is 32.2 Å². The van der Waals surface area contributed by atoms with Crippen molar-refractivity contribution >= 4 is 55.5 Å². The molecule has 0 radical (unpaired) electrons. The summed E-state index contributed by atoms with van der Waals surface area (Å²) in [7, 11) is 0. The number of aryl methyl sites for hydroxylation is 2. The molecule has 0 saturated heterocycles. The molecule has 1 atom stereocenters. The van der Waals surface area contributed by atoms with Gasteiger partial charge in [0.25, 0.3) is 5.91 Å². The fraction of sp³-hybridized carbons (Fsp3) is 0.536. The molecule has 8 heteroatoms. The zero-order valence-corrected chi connectivity index (χ0v) is 23.2. The Morgan fingerprint density at radius 2 is 1.94 bits per heavy atom. The lowest BCUT2D eigenvalue weighted by Gasteiger charge is -2.34. The molecule has 2 aliphatic carbocycles. The lowest BCUT2D eigenvalue weighted by atomic mass is 9.71. The van der Waals surface area contributed by atoms with Crippen LogP contribution in [0.2, 0.25) is 0 Å². The Morgan fingerprint density at radius 3 is 2.69 bits per heavy atom. The van der Waals surface area contributed by atoms with Gasteiger partial charge in [0.15, 0.2) is 0 Å². The summed E-state index contributed by atoms with van der Waals surface area (Å²) in [6.07, 6.45) is 8.13. The lowest BCUT2D eigenvalue weighted by molar-refractivity contribution is 0.0527. The average Bonchev–Trinajstić information content (AvgIpc) is 3.23. The van der Waals surface area contributed by atoms with E-state index in [0.29, 0.717) is 33.7 Å². The summed E-state index contributed by atoms with van der Waals surface area (Å²) in [4.78, 5) is 33.7. The molecule has 1 amide bonds. The zero-order chi connectivity index (χ0) is 25.6. The molecule has 2 aliphatic rings. The molecule has 3 aromatic heterocycles. The number of pyridine rings is 1. The second-order valence-corrected chi connectivity index (χ2v) is 13.1. The summed E-state index contributed by atoms with van der Waals surface area (Å²) in [6.45, 7) is 8.99. The minimum Gasteiger partial charge on any atom is -0.462 e. The van der Waals surface area contributed by atoms with Gasteiger partial charge in [0.1, 0.15) is 14.7 Å². The molecule has 0 spiro atoms. The molecule has 192 valence electrons. The number of aromatic nitrogens is 1. The van der Waals surface area contributed by atoms with Gasteiger partial charge in [0.05, 0.1) is 17.9 Å². The smallest absolute Gasteiger partial charge is 0.341 e. The van der Waals surface area contributed by atoms with E-state index in [9.17, 15) is 9.59 Å². The van der Waals surface area contributed by atoms with Crippen molar-refractivity contribution in [3.8, 4) is 0 Å². The van der Waals surface area contributed by atoms with E-state index in [-0.39, 0.29) is 17.3 Å². The number of hydrogen-bond acceptors (Lipinski definition) is 7. The molecular weight excluding hydrogens is 490 g/mol. The first-order valence-corrected chi connectivity index (χ1v) is 14.6. The number of thiophene rings is 2. The molecule has 3 aromatic rings. The number of nitrogens with two attached hydrogens (primary N) is 1. The van der Waals surface area contributed by atoms with Gasteiger partial charge in [-0.15, -0.1) is 22.7 Å². The highest BCUT2D eigenvalue weighted by Crippen LogP contribution is 2.42. The van der Waals surface area contributed by atoms with Crippen LogP contribution in [0.3, 0.4) is 0 Å². The van der Waals surface area contributed by atoms with Crippen molar-refractivity contribution < 1.29 is 14.3 Å². The van der Waals surface area contributed by atoms with Crippen LogP contribution >= 0.6 is 22.7 Å². The maximum atomic E-state index is 13.5. The Hall–Kier alpha value is -2.45. The Balaban J connectivity index is 1.47. The number of amides is 1. The van der Waals surface area contributed by atoms with Crippen LogP contribution in [0.4, 0.5) is 10.7 Å². The Kier molecular flexibility index (Phi) is 6.85. The van der Waals surface area contributed by atoms with Gasteiger partial charge >= 0.3 is 5.97 Å². The molecule has 3 N–H and O–H groups in total. The summed E-state index contributed by atoms with van der Waals surface area (Å²) in [5.74, 6) is -0.0514. The van der Waals surface area contributed by atoms with Crippen LogP contribution in [0.15, 0.2) is 6.07 Å². The maximum absolute atomic E-state index is 13.5. The summed E-state index contributed by atoms with van der Waals surface area (Å²) >= 11 is 2.84. The predicted octanol–water partition coefficient (Wildman–Crippen LogP) is 6.79. The molecule has 36 heavy (non-hydrogen) atoms. The van der Waals surface area contributed by atoms with Crippen molar-refractivity contribution in [3.63, 3.8) is 0 Å². The number of hydrogen-bond donors (Lipinski definition) is 2. The van der Waals surface area contributed by atoms with Crippen molar-refractivity contribution in [1.29, 1.82) is 0 Å². The van der Waals surface area contributed by atoms with Gasteiger partial charge in [-0.2, -0.15) is 0 Å². The average molecular weight is 526 g/mol. The number of fused-ring (bicyclic) bond motifs is 3. The quantitative estimate of drug-likeness (QED) is 0.289. The molecule has 0 fully saturated rings. The van der Waals surface area contributed by atoms with Crippen molar-refractivity contribution in [2.24, 2.45) is 11.3 Å². The molecule has 0 aliphatic heterocycles. The van der Waals surface area contributed by atoms with Gasteiger partial charge in [-0.3, -0.25) is 4.79 Å². The first-order chi connectivity index (χ1) is 17.2. The Bertz CT molecular complexity index is 1330. The van der Waals surface area contributed by atoms with Gasteiger partial charge in [0, 0.05) is 16.0 Å². The molecule has 0 aromatic carbocycles. The Morgan fingerprint density at radius 1 is 1.17 bits per heavy atom. The van der Waals surface area contributed by atoms with E-state index >= 15 is 0 Å². The number of carbonyl (C=O) groups is 2. The van der Waals surface area contributed by atoms with Crippen LogP contribution in [0.25, 0.3) is 10.2 Å². The number of carbonyl (C=O) groups excluding carboxylic acids is 2. The third-order valence-electron chi connectivity index (χ3n) is 7.64. The van der Waals surface area contributed by atoms with Gasteiger partial charge in [-0.1, -0.05) is 27.2 Å². The second kappa shape index (κ2) is 9.78. The number of nitrogens with one attached hydrogen (secondary N) is 1. The molecule has 1 unspecified atom stereocenters. The zero-order valence-electron chi connectivity index (χ0n) is 21.6. The third kappa shape index (κ3) is 4.65.